The van der Waals surface area contributed by atoms with Gasteiger partial charge >= 0.3 is 0 Å². The van der Waals surface area contributed by atoms with E-state index in [1.807, 2.05) is 23.6 Å². The largest absolute Gasteiger partial charge is 0.381 e. The molecular formula is C17H24N6O3S. The van der Waals surface area contributed by atoms with Crippen LogP contribution in [0.3, 0.4) is 0 Å². The molecule has 3 atom stereocenters. The predicted molar refractivity (Wildman–Crippen MR) is 101 cm³/mol. The van der Waals surface area contributed by atoms with Crippen molar-refractivity contribution < 1.29 is 13.2 Å². The van der Waals surface area contributed by atoms with Crippen LogP contribution >= 0.6 is 0 Å². The van der Waals surface area contributed by atoms with E-state index in [0.717, 1.165) is 23.4 Å². The number of nitrogens with zero attached hydrogens (tertiary/aromatic N) is 4. The van der Waals surface area contributed by atoms with Gasteiger partial charge in [0.25, 0.3) is 0 Å². The lowest BCUT2D eigenvalue weighted by Gasteiger charge is -2.14. The molecule has 0 amide bonds. The Labute approximate surface area is 157 Å². The summed E-state index contributed by atoms with van der Waals surface area (Å²) < 4.78 is 34.6. The predicted octanol–water partition coefficient (Wildman–Crippen LogP) is 1.44. The first kappa shape index (κ1) is 18.3. The lowest BCUT2D eigenvalue weighted by atomic mass is 9.97. The van der Waals surface area contributed by atoms with Gasteiger partial charge < -0.3 is 9.72 Å². The van der Waals surface area contributed by atoms with E-state index in [-0.39, 0.29) is 24.3 Å². The molecule has 27 heavy (non-hydrogen) atoms. The van der Waals surface area contributed by atoms with Gasteiger partial charge in [-0.2, -0.15) is 0 Å². The Morgan fingerprint density at radius 1 is 1.37 bits per heavy atom. The van der Waals surface area contributed by atoms with Crippen LogP contribution in [-0.4, -0.2) is 58.0 Å². The van der Waals surface area contributed by atoms with Crippen LogP contribution in [0, 0.1) is 5.92 Å². The molecule has 2 N–H and O–H groups in total. The van der Waals surface area contributed by atoms with Gasteiger partial charge in [-0.1, -0.05) is 6.92 Å². The molecule has 1 fully saturated rings. The third kappa shape index (κ3) is 3.56. The summed E-state index contributed by atoms with van der Waals surface area (Å²) in [4.78, 5) is 7.45. The highest BCUT2D eigenvalue weighted by molar-refractivity contribution is 7.89. The van der Waals surface area contributed by atoms with Gasteiger partial charge in [0.15, 0.2) is 11.3 Å². The van der Waals surface area contributed by atoms with Crippen molar-refractivity contribution in [3.8, 4) is 0 Å². The van der Waals surface area contributed by atoms with Crippen molar-refractivity contribution in [3.63, 3.8) is 0 Å². The average Bonchev–Trinajstić information content (AvgIpc) is 3.31. The molecule has 3 aromatic rings. The molecule has 3 heterocycles. The fraction of sp³-hybridized carbons (Fsp3) is 0.588. The first-order chi connectivity index (χ1) is 13.0. The summed E-state index contributed by atoms with van der Waals surface area (Å²) >= 11 is 0. The summed E-state index contributed by atoms with van der Waals surface area (Å²) in [6.45, 7) is 4.71. The highest BCUT2D eigenvalue weighted by atomic mass is 32.2. The second-order valence-corrected chi connectivity index (χ2v) is 8.98. The van der Waals surface area contributed by atoms with E-state index in [1.165, 1.54) is 0 Å². The normalized spacial score (nSPS) is 23.6. The maximum atomic E-state index is 12.3. The molecular weight excluding hydrogens is 368 g/mol. The van der Waals surface area contributed by atoms with Crippen LogP contribution in [0.25, 0.3) is 16.8 Å². The van der Waals surface area contributed by atoms with Crippen LogP contribution in [0.4, 0.5) is 0 Å². The molecule has 0 unspecified atom stereocenters. The summed E-state index contributed by atoms with van der Waals surface area (Å²) in [6, 6.07) is 1.85. The lowest BCUT2D eigenvalue weighted by Crippen LogP contribution is -2.36. The van der Waals surface area contributed by atoms with Gasteiger partial charge in [0.2, 0.25) is 10.0 Å². The van der Waals surface area contributed by atoms with Gasteiger partial charge in [0, 0.05) is 24.8 Å². The van der Waals surface area contributed by atoms with Crippen LogP contribution in [-0.2, 0) is 14.8 Å². The molecule has 1 aliphatic rings. The topological polar surface area (TPSA) is 114 Å². The third-order valence-corrected chi connectivity index (χ3v) is 6.62. The number of aromatic nitrogens is 5. The standard InChI is InChI=1S/C17H24N6O3S/c1-3-26-6-7-27(24,25)22-12-8-11(2)13(9-12)17-21-20-15-10-19-16-14(23(15)17)4-5-18-16/h4-5,10-13,18,22H,3,6-9H2,1-2H3/t11-,12+,13+/m1/s1. The van der Waals surface area contributed by atoms with E-state index >= 15 is 0 Å². The zero-order valence-corrected chi connectivity index (χ0v) is 16.2. The first-order valence-electron chi connectivity index (χ1n) is 9.23. The van der Waals surface area contributed by atoms with E-state index < -0.39 is 10.0 Å². The number of fused-ring (bicyclic) bond motifs is 3. The highest BCUT2D eigenvalue weighted by Gasteiger charge is 2.37. The van der Waals surface area contributed by atoms with E-state index in [2.05, 4.69) is 31.8 Å². The van der Waals surface area contributed by atoms with Gasteiger partial charge in [-0.05, 0) is 31.7 Å². The summed E-state index contributed by atoms with van der Waals surface area (Å²) in [5, 5.41) is 8.67. The molecule has 0 aromatic carbocycles. The van der Waals surface area contributed by atoms with Crippen LogP contribution in [0.15, 0.2) is 18.5 Å². The molecule has 1 saturated carbocycles. The van der Waals surface area contributed by atoms with Crippen molar-refractivity contribution >= 4 is 26.8 Å². The van der Waals surface area contributed by atoms with Crippen molar-refractivity contribution in [2.45, 2.75) is 38.6 Å². The minimum absolute atomic E-state index is 0.0140. The zero-order valence-electron chi connectivity index (χ0n) is 15.4. The Bertz CT molecular complexity index is 1040. The molecule has 0 spiro atoms. The van der Waals surface area contributed by atoms with E-state index in [9.17, 15) is 8.42 Å². The van der Waals surface area contributed by atoms with Crippen molar-refractivity contribution in [1.29, 1.82) is 0 Å². The van der Waals surface area contributed by atoms with Gasteiger partial charge in [0.1, 0.15) is 5.82 Å². The molecule has 4 rings (SSSR count). The molecule has 1 aliphatic carbocycles. The fourth-order valence-corrected chi connectivity index (χ4v) is 5.12. The Balaban J connectivity index is 1.56. The quantitative estimate of drug-likeness (QED) is 0.588. The minimum atomic E-state index is -3.35. The van der Waals surface area contributed by atoms with E-state index in [0.29, 0.717) is 24.6 Å². The van der Waals surface area contributed by atoms with Crippen LogP contribution in [0.2, 0.25) is 0 Å². The van der Waals surface area contributed by atoms with Crippen LogP contribution in [0.5, 0.6) is 0 Å². The summed E-state index contributed by atoms with van der Waals surface area (Å²) in [6.07, 6.45) is 5.01. The Morgan fingerprint density at radius 3 is 3.04 bits per heavy atom. The van der Waals surface area contributed by atoms with Gasteiger partial charge in [-0.3, -0.25) is 4.40 Å². The molecule has 0 aliphatic heterocycles. The second kappa shape index (κ2) is 7.17. The summed E-state index contributed by atoms with van der Waals surface area (Å²) in [5.74, 6) is 1.26. The average molecular weight is 392 g/mol. The Hall–Kier alpha value is -2.04. The highest BCUT2D eigenvalue weighted by Crippen LogP contribution is 2.39. The number of H-pyrrole nitrogens is 1. The SMILES string of the molecule is CCOCCS(=O)(=O)N[C@H]1C[C@@H](C)[C@@H](c2nnc3cnc4[nH]ccc4n23)C1. The number of ether oxygens (including phenoxy) is 1. The molecule has 9 nitrogen and oxygen atoms in total. The van der Waals surface area contributed by atoms with Crippen molar-refractivity contribution in [2.24, 2.45) is 5.92 Å². The van der Waals surface area contributed by atoms with Gasteiger partial charge in [-0.25, -0.2) is 18.1 Å². The number of sulfonamides is 1. The number of nitrogens with one attached hydrogen (secondary N) is 2. The minimum Gasteiger partial charge on any atom is -0.381 e. The molecule has 0 saturated heterocycles. The fourth-order valence-electron chi connectivity index (χ4n) is 3.97. The maximum Gasteiger partial charge on any atom is 0.214 e. The van der Waals surface area contributed by atoms with Crippen LogP contribution < -0.4 is 4.72 Å². The zero-order chi connectivity index (χ0) is 19.0. The molecule has 0 bridgehead atoms. The second-order valence-electron chi connectivity index (χ2n) is 7.11. The van der Waals surface area contributed by atoms with E-state index in [4.69, 9.17) is 4.74 Å². The molecule has 3 aromatic heterocycles. The van der Waals surface area contributed by atoms with Crippen molar-refractivity contribution in [3.05, 3.63) is 24.3 Å². The smallest absolute Gasteiger partial charge is 0.214 e. The van der Waals surface area contributed by atoms with Crippen molar-refractivity contribution in [2.75, 3.05) is 19.0 Å². The summed E-state index contributed by atoms with van der Waals surface area (Å²) in [7, 11) is -3.35. The third-order valence-electron chi connectivity index (χ3n) is 5.23. The molecule has 146 valence electrons. The molecule has 0 radical (unpaired) electrons. The molecule has 10 heteroatoms. The van der Waals surface area contributed by atoms with Gasteiger partial charge in [0.05, 0.1) is 24.1 Å². The Kier molecular flexibility index (Phi) is 4.87. The Morgan fingerprint density at radius 2 is 2.22 bits per heavy atom. The number of hydrogen-bond acceptors (Lipinski definition) is 6. The maximum absolute atomic E-state index is 12.3. The lowest BCUT2D eigenvalue weighted by molar-refractivity contribution is 0.163. The van der Waals surface area contributed by atoms with Gasteiger partial charge in [-0.15, -0.1) is 10.2 Å². The monoisotopic (exact) mass is 392 g/mol. The summed E-state index contributed by atoms with van der Waals surface area (Å²) in [5.41, 5.74) is 2.41. The number of hydrogen-bond donors (Lipinski definition) is 2. The van der Waals surface area contributed by atoms with Crippen molar-refractivity contribution in [1.82, 2.24) is 29.3 Å². The first-order valence-corrected chi connectivity index (χ1v) is 10.9. The number of rotatable bonds is 7. The van der Waals surface area contributed by atoms with E-state index in [1.54, 1.807) is 6.20 Å². The number of aromatic amines is 1. The van der Waals surface area contributed by atoms with Crippen LogP contribution in [0.1, 0.15) is 38.4 Å².